The molecule has 6 nitrogen and oxygen atoms in total. The van der Waals surface area contributed by atoms with E-state index in [1.807, 2.05) is 19.1 Å². The number of benzene rings is 1. The van der Waals surface area contributed by atoms with Gasteiger partial charge in [-0.1, -0.05) is 17.7 Å². The van der Waals surface area contributed by atoms with Crippen molar-refractivity contribution >= 4 is 38.9 Å². The van der Waals surface area contributed by atoms with Crippen LogP contribution in [-0.4, -0.2) is 55.8 Å². The van der Waals surface area contributed by atoms with E-state index in [2.05, 4.69) is 9.62 Å². The molecule has 0 atom stereocenters. The smallest absolute Gasteiger partial charge is 0.254 e. The highest BCUT2D eigenvalue weighted by molar-refractivity contribution is 7.89. The van der Waals surface area contributed by atoms with Gasteiger partial charge in [-0.15, -0.1) is 11.3 Å². The number of carbonyl (C=O) groups excluding carboxylic acids is 1. The molecule has 30 heavy (non-hydrogen) atoms. The Kier molecular flexibility index (Phi) is 6.94. The quantitative estimate of drug-likeness (QED) is 0.724. The van der Waals surface area contributed by atoms with E-state index in [4.69, 9.17) is 11.6 Å². The highest BCUT2D eigenvalue weighted by Crippen LogP contribution is 2.24. The first kappa shape index (κ1) is 23.2. The van der Waals surface area contributed by atoms with Gasteiger partial charge < -0.3 is 4.90 Å². The molecule has 164 valence electrons. The molecule has 2 aromatic rings. The van der Waals surface area contributed by atoms with Gasteiger partial charge >= 0.3 is 0 Å². The topological polar surface area (TPSA) is 69.7 Å². The van der Waals surface area contributed by atoms with Crippen molar-refractivity contribution in [2.45, 2.75) is 44.7 Å². The number of piperazine rings is 1. The first-order valence-corrected chi connectivity index (χ1v) is 12.5. The fourth-order valence-corrected chi connectivity index (χ4v) is 5.97. The summed E-state index contributed by atoms with van der Waals surface area (Å²) in [5.41, 5.74) is 0.604. The van der Waals surface area contributed by atoms with Gasteiger partial charge in [-0.2, -0.15) is 0 Å². The third-order valence-electron chi connectivity index (χ3n) is 4.86. The molecule has 1 saturated heterocycles. The molecule has 0 spiro atoms. The fourth-order valence-electron chi connectivity index (χ4n) is 3.40. The maximum Gasteiger partial charge on any atom is 0.254 e. The van der Waals surface area contributed by atoms with Crippen LogP contribution in [0.5, 0.6) is 0 Å². The Morgan fingerprint density at radius 3 is 2.37 bits per heavy atom. The zero-order chi connectivity index (χ0) is 22.1. The van der Waals surface area contributed by atoms with Crippen LogP contribution < -0.4 is 4.72 Å². The van der Waals surface area contributed by atoms with Gasteiger partial charge in [0.05, 0.1) is 9.23 Å². The lowest BCUT2D eigenvalue weighted by atomic mass is 10.1. The lowest BCUT2D eigenvalue weighted by Crippen LogP contribution is -2.48. The molecule has 1 aliphatic heterocycles. The first-order chi connectivity index (χ1) is 13.9. The van der Waals surface area contributed by atoms with E-state index in [1.165, 1.54) is 10.9 Å². The van der Waals surface area contributed by atoms with E-state index in [0.717, 1.165) is 29.5 Å². The number of nitrogens with one attached hydrogen (secondary N) is 1. The number of rotatable bonds is 5. The van der Waals surface area contributed by atoms with E-state index in [9.17, 15) is 13.2 Å². The van der Waals surface area contributed by atoms with Crippen molar-refractivity contribution in [1.82, 2.24) is 14.5 Å². The van der Waals surface area contributed by atoms with Crippen molar-refractivity contribution in [1.29, 1.82) is 0 Å². The number of hydrogen-bond donors (Lipinski definition) is 1. The van der Waals surface area contributed by atoms with Gasteiger partial charge in [0.1, 0.15) is 0 Å². The van der Waals surface area contributed by atoms with Crippen molar-refractivity contribution in [2.75, 3.05) is 26.2 Å². The molecule has 0 bridgehead atoms. The van der Waals surface area contributed by atoms with Gasteiger partial charge in [0.2, 0.25) is 10.0 Å². The van der Waals surface area contributed by atoms with E-state index >= 15 is 0 Å². The van der Waals surface area contributed by atoms with Crippen LogP contribution >= 0.6 is 22.9 Å². The van der Waals surface area contributed by atoms with Gasteiger partial charge in [-0.3, -0.25) is 9.69 Å². The summed E-state index contributed by atoms with van der Waals surface area (Å²) >= 11 is 7.58. The van der Waals surface area contributed by atoms with E-state index < -0.39 is 15.6 Å². The van der Waals surface area contributed by atoms with E-state index in [0.29, 0.717) is 18.7 Å². The minimum atomic E-state index is -3.70. The second-order valence-corrected chi connectivity index (χ2v) is 12.1. The Morgan fingerprint density at radius 1 is 1.13 bits per heavy atom. The SMILES string of the molecule is Cc1ccc(S(=O)(=O)NC(C)(C)C)cc1C(=O)N1CCN(Cc2ccc(Cl)s2)CC1. The molecular weight excluding hydrogens is 442 g/mol. The summed E-state index contributed by atoms with van der Waals surface area (Å²) in [5, 5.41) is 0. The number of thiophene rings is 1. The van der Waals surface area contributed by atoms with Gasteiger partial charge in [-0.05, 0) is 57.5 Å². The summed E-state index contributed by atoms with van der Waals surface area (Å²) < 4.78 is 28.8. The van der Waals surface area contributed by atoms with Crippen LogP contribution in [0.4, 0.5) is 0 Å². The van der Waals surface area contributed by atoms with Crippen LogP contribution in [0, 0.1) is 6.92 Å². The van der Waals surface area contributed by atoms with Crippen molar-refractivity contribution in [2.24, 2.45) is 0 Å². The lowest BCUT2D eigenvalue weighted by molar-refractivity contribution is 0.0628. The van der Waals surface area contributed by atoms with Crippen LogP contribution in [0.2, 0.25) is 4.34 Å². The molecule has 0 aliphatic carbocycles. The number of aryl methyl sites for hydroxylation is 1. The number of hydrogen-bond acceptors (Lipinski definition) is 5. The molecule has 1 aliphatic rings. The Morgan fingerprint density at radius 2 is 1.80 bits per heavy atom. The second-order valence-electron chi connectivity index (χ2n) is 8.61. The Labute approximate surface area is 187 Å². The lowest BCUT2D eigenvalue weighted by Gasteiger charge is -2.34. The molecule has 1 fully saturated rings. The largest absolute Gasteiger partial charge is 0.336 e. The number of sulfonamides is 1. The zero-order valence-electron chi connectivity index (χ0n) is 17.7. The Bertz CT molecular complexity index is 1020. The molecule has 1 amide bonds. The zero-order valence-corrected chi connectivity index (χ0v) is 20.1. The van der Waals surface area contributed by atoms with Gasteiger partial charge in [0, 0.05) is 48.7 Å². The molecule has 1 aromatic carbocycles. The molecule has 0 radical (unpaired) electrons. The number of carbonyl (C=O) groups is 1. The standard InChI is InChI=1S/C21H28ClN3O3S2/c1-15-5-7-17(30(27,28)23-21(2,3)4)13-18(15)20(26)25-11-9-24(10-12-25)14-16-6-8-19(22)29-16/h5-8,13,23H,9-12,14H2,1-4H3. The van der Waals surface area contributed by atoms with Crippen molar-refractivity contribution < 1.29 is 13.2 Å². The van der Waals surface area contributed by atoms with Crippen molar-refractivity contribution in [3.63, 3.8) is 0 Å². The molecule has 1 aromatic heterocycles. The normalized spacial score (nSPS) is 16.1. The summed E-state index contributed by atoms with van der Waals surface area (Å²) in [6.45, 7) is 10.8. The van der Waals surface area contributed by atoms with Gasteiger partial charge in [0.25, 0.3) is 5.91 Å². The molecular formula is C21H28ClN3O3S2. The van der Waals surface area contributed by atoms with Gasteiger partial charge in [-0.25, -0.2) is 13.1 Å². The van der Waals surface area contributed by atoms with Crippen molar-refractivity contribution in [3.8, 4) is 0 Å². The number of halogens is 1. The fraction of sp³-hybridized carbons (Fsp3) is 0.476. The minimum Gasteiger partial charge on any atom is -0.336 e. The first-order valence-electron chi connectivity index (χ1n) is 9.85. The maximum atomic E-state index is 13.1. The summed E-state index contributed by atoms with van der Waals surface area (Å²) in [6, 6.07) is 8.67. The van der Waals surface area contributed by atoms with Crippen LogP contribution in [0.3, 0.4) is 0 Å². The van der Waals surface area contributed by atoms with Crippen LogP contribution in [0.25, 0.3) is 0 Å². The molecule has 0 saturated carbocycles. The van der Waals surface area contributed by atoms with Crippen LogP contribution in [-0.2, 0) is 16.6 Å². The summed E-state index contributed by atoms with van der Waals surface area (Å²) in [5.74, 6) is -0.126. The minimum absolute atomic E-state index is 0.111. The van der Waals surface area contributed by atoms with Crippen LogP contribution in [0.15, 0.2) is 35.2 Å². The Balaban J connectivity index is 1.70. The highest BCUT2D eigenvalue weighted by atomic mass is 35.5. The molecule has 3 rings (SSSR count). The summed E-state index contributed by atoms with van der Waals surface area (Å²) in [7, 11) is -3.70. The number of amides is 1. The molecule has 0 unspecified atom stereocenters. The van der Waals surface area contributed by atoms with Crippen molar-refractivity contribution in [3.05, 3.63) is 50.7 Å². The predicted octanol–water partition coefficient (Wildman–Crippen LogP) is 3.74. The summed E-state index contributed by atoms with van der Waals surface area (Å²) in [6.07, 6.45) is 0. The summed E-state index contributed by atoms with van der Waals surface area (Å²) in [4.78, 5) is 18.5. The predicted molar refractivity (Wildman–Crippen MR) is 122 cm³/mol. The van der Waals surface area contributed by atoms with Gasteiger partial charge in [0.15, 0.2) is 0 Å². The number of nitrogens with zero attached hydrogens (tertiary/aromatic N) is 2. The maximum absolute atomic E-state index is 13.1. The highest BCUT2D eigenvalue weighted by Gasteiger charge is 2.27. The molecule has 2 heterocycles. The molecule has 1 N–H and O–H groups in total. The van der Waals surface area contributed by atoms with E-state index in [-0.39, 0.29) is 10.8 Å². The third kappa shape index (κ3) is 5.82. The second kappa shape index (κ2) is 8.96. The average Bonchev–Trinajstić information content (AvgIpc) is 3.05. The van der Waals surface area contributed by atoms with E-state index in [1.54, 1.807) is 49.1 Å². The Hall–Kier alpha value is -1.45. The molecule has 9 heteroatoms. The monoisotopic (exact) mass is 469 g/mol. The average molecular weight is 470 g/mol. The van der Waals surface area contributed by atoms with Crippen LogP contribution in [0.1, 0.15) is 41.6 Å². The third-order valence-corrected chi connectivity index (χ3v) is 7.83.